The molecule has 2 aromatic carbocycles. The average molecular weight is 527 g/mol. The van der Waals surface area contributed by atoms with Gasteiger partial charge < -0.3 is 10.2 Å². The van der Waals surface area contributed by atoms with Crippen LogP contribution in [0.2, 0.25) is 0 Å². The summed E-state index contributed by atoms with van der Waals surface area (Å²) in [6.07, 6.45) is 0.970. The topological polar surface area (TPSA) is 69.7 Å². The Morgan fingerprint density at radius 1 is 0.966 bits per heavy atom. The molecule has 1 aliphatic heterocycles. The zero-order valence-electron chi connectivity index (χ0n) is 16.3. The smallest absolute Gasteiger partial charge is 0.252 e. The second-order valence-corrected chi connectivity index (χ2v) is 10.3. The zero-order valence-corrected chi connectivity index (χ0v) is 19.2. The van der Waals surface area contributed by atoms with Gasteiger partial charge in [-0.3, -0.25) is 4.79 Å². The molecule has 1 aliphatic rings. The van der Waals surface area contributed by atoms with Crippen LogP contribution in [0, 0.1) is 3.57 Å². The van der Waals surface area contributed by atoms with Crippen LogP contribution >= 0.6 is 22.6 Å². The number of carbonyl (C=O) groups excluding carboxylic acids is 1. The molecule has 156 valence electrons. The second kappa shape index (κ2) is 10.5. The van der Waals surface area contributed by atoms with Gasteiger partial charge in [-0.25, -0.2) is 8.42 Å². The molecule has 1 N–H and O–H groups in total. The van der Waals surface area contributed by atoms with Crippen molar-refractivity contribution in [1.82, 2.24) is 14.5 Å². The van der Waals surface area contributed by atoms with E-state index in [0.29, 0.717) is 18.7 Å². The molecule has 2 aromatic rings. The fourth-order valence-corrected chi connectivity index (χ4v) is 5.30. The van der Waals surface area contributed by atoms with Crippen molar-refractivity contribution in [1.29, 1.82) is 0 Å². The number of piperazine rings is 1. The van der Waals surface area contributed by atoms with Gasteiger partial charge in [-0.2, -0.15) is 4.31 Å². The maximum atomic E-state index is 12.6. The second-order valence-electron chi connectivity index (χ2n) is 7.03. The Balaban J connectivity index is 1.41. The lowest BCUT2D eigenvalue weighted by Gasteiger charge is -2.34. The van der Waals surface area contributed by atoms with E-state index in [-0.39, 0.29) is 18.2 Å². The Morgan fingerprint density at radius 3 is 2.31 bits per heavy atom. The number of sulfonamides is 1. The molecule has 0 bridgehead atoms. The highest BCUT2D eigenvalue weighted by atomic mass is 127. The normalized spacial score (nSPS) is 15.9. The van der Waals surface area contributed by atoms with Crippen LogP contribution in [0.1, 0.15) is 15.9 Å². The lowest BCUT2D eigenvalue weighted by atomic mass is 10.1. The molecule has 0 saturated carbocycles. The highest BCUT2D eigenvalue weighted by molar-refractivity contribution is 14.1. The number of benzene rings is 2. The van der Waals surface area contributed by atoms with Crippen LogP contribution in [0.15, 0.2) is 54.6 Å². The molecule has 1 fully saturated rings. The van der Waals surface area contributed by atoms with Crippen molar-refractivity contribution >= 4 is 38.5 Å². The summed E-state index contributed by atoms with van der Waals surface area (Å²) >= 11 is 2.10. The SMILES string of the molecule is O=C(NCCS(=O)(=O)N1CCN(CCc2ccccc2)CC1)c1ccccc1I. The third-order valence-corrected chi connectivity index (χ3v) is 7.86. The van der Waals surface area contributed by atoms with Crippen molar-refractivity contribution in [2.75, 3.05) is 45.0 Å². The number of nitrogens with zero attached hydrogens (tertiary/aromatic N) is 2. The van der Waals surface area contributed by atoms with E-state index in [1.54, 1.807) is 16.4 Å². The summed E-state index contributed by atoms with van der Waals surface area (Å²) < 4.78 is 27.6. The van der Waals surface area contributed by atoms with Gasteiger partial charge in [-0.1, -0.05) is 42.5 Å². The predicted molar refractivity (Wildman–Crippen MR) is 123 cm³/mol. The molecule has 8 heteroatoms. The molecule has 1 saturated heterocycles. The van der Waals surface area contributed by atoms with Crippen molar-refractivity contribution < 1.29 is 13.2 Å². The molecule has 0 atom stereocenters. The fraction of sp³-hybridized carbons (Fsp3) is 0.381. The minimum absolute atomic E-state index is 0.0772. The maximum Gasteiger partial charge on any atom is 0.252 e. The zero-order chi connectivity index (χ0) is 20.7. The van der Waals surface area contributed by atoms with Crippen molar-refractivity contribution in [3.05, 3.63) is 69.3 Å². The Morgan fingerprint density at radius 2 is 1.62 bits per heavy atom. The molecule has 29 heavy (non-hydrogen) atoms. The summed E-state index contributed by atoms with van der Waals surface area (Å²) in [5.74, 6) is -0.317. The number of rotatable bonds is 8. The Labute approximate surface area is 186 Å². The van der Waals surface area contributed by atoms with E-state index in [1.807, 2.05) is 30.3 Å². The number of carbonyl (C=O) groups is 1. The summed E-state index contributed by atoms with van der Waals surface area (Å²) in [5.41, 5.74) is 1.86. The first kappa shape index (κ1) is 22.2. The van der Waals surface area contributed by atoms with Crippen LogP contribution in [0.4, 0.5) is 0 Å². The van der Waals surface area contributed by atoms with Gasteiger partial charge >= 0.3 is 0 Å². The largest absolute Gasteiger partial charge is 0.351 e. The summed E-state index contributed by atoms with van der Waals surface area (Å²) in [4.78, 5) is 14.5. The van der Waals surface area contributed by atoms with Crippen LogP contribution in [0.25, 0.3) is 0 Å². The highest BCUT2D eigenvalue weighted by Gasteiger charge is 2.26. The van der Waals surface area contributed by atoms with Gasteiger partial charge in [0.25, 0.3) is 5.91 Å². The van der Waals surface area contributed by atoms with Crippen molar-refractivity contribution in [3.63, 3.8) is 0 Å². The molecule has 1 amide bonds. The first-order valence-corrected chi connectivity index (χ1v) is 12.4. The number of amides is 1. The first-order valence-electron chi connectivity index (χ1n) is 9.72. The molecule has 1 heterocycles. The van der Waals surface area contributed by atoms with Gasteiger partial charge in [-0.15, -0.1) is 0 Å². The maximum absolute atomic E-state index is 12.6. The van der Waals surface area contributed by atoms with E-state index in [4.69, 9.17) is 0 Å². The molecule has 0 radical (unpaired) electrons. The van der Waals surface area contributed by atoms with E-state index >= 15 is 0 Å². The molecule has 0 aromatic heterocycles. The molecule has 6 nitrogen and oxygen atoms in total. The lowest BCUT2D eigenvalue weighted by Crippen LogP contribution is -2.50. The highest BCUT2D eigenvalue weighted by Crippen LogP contribution is 2.12. The number of hydrogen-bond donors (Lipinski definition) is 1. The number of nitrogens with one attached hydrogen (secondary N) is 1. The van der Waals surface area contributed by atoms with Gasteiger partial charge in [0.2, 0.25) is 10.0 Å². The van der Waals surface area contributed by atoms with Crippen LogP contribution < -0.4 is 5.32 Å². The average Bonchev–Trinajstić information content (AvgIpc) is 2.73. The van der Waals surface area contributed by atoms with E-state index < -0.39 is 10.0 Å². The first-order chi connectivity index (χ1) is 14.0. The van der Waals surface area contributed by atoms with E-state index in [9.17, 15) is 13.2 Å². The monoisotopic (exact) mass is 527 g/mol. The summed E-state index contributed by atoms with van der Waals surface area (Å²) in [5, 5.41) is 2.72. The lowest BCUT2D eigenvalue weighted by molar-refractivity contribution is 0.0955. The standard InChI is InChI=1S/C21H26IN3O3S/c22-20-9-5-4-8-19(20)21(26)23-11-17-29(27,28)25-15-13-24(14-16-25)12-10-18-6-2-1-3-7-18/h1-9H,10-17H2,(H,23,26). The molecule has 0 spiro atoms. The minimum Gasteiger partial charge on any atom is -0.351 e. The van der Waals surface area contributed by atoms with Crippen molar-refractivity contribution in [2.45, 2.75) is 6.42 Å². The Kier molecular flexibility index (Phi) is 8.05. The molecule has 0 unspecified atom stereocenters. The van der Waals surface area contributed by atoms with E-state index in [2.05, 4.69) is 44.9 Å². The molecular formula is C21H26IN3O3S. The van der Waals surface area contributed by atoms with Gasteiger partial charge in [0.15, 0.2) is 0 Å². The van der Waals surface area contributed by atoms with Crippen molar-refractivity contribution in [2.24, 2.45) is 0 Å². The van der Waals surface area contributed by atoms with Crippen LogP contribution in [0.5, 0.6) is 0 Å². The fourth-order valence-electron chi connectivity index (χ4n) is 3.33. The van der Waals surface area contributed by atoms with Gasteiger partial charge in [0, 0.05) is 42.8 Å². The van der Waals surface area contributed by atoms with Gasteiger partial charge in [-0.05, 0) is 46.7 Å². The summed E-state index contributed by atoms with van der Waals surface area (Å²) in [6, 6.07) is 17.6. The van der Waals surface area contributed by atoms with Crippen molar-refractivity contribution in [3.8, 4) is 0 Å². The van der Waals surface area contributed by atoms with E-state index in [0.717, 1.165) is 29.6 Å². The minimum atomic E-state index is -3.37. The third-order valence-electron chi connectivity index (χ3n) is 5.05. The van der Waals surface area contributed by atoms with E-state index in [1.165, 1.54) is 5.56 Å². The number of hydrogen-bond acceptors (Lipinski definition) is 4. The third kappa shape index (κ3) is 6.50. The molecule has 0 aliphatic carbocycles. The Hall–Kier alpha value is -1.49. The van der Waals surface area contributed by atoms with Crippen LogP contribution in [-0.4, -0.2) is 68.6 Å². The summed E-state index contributed by atoms with van der Waals surface area (Å²) in [7, 11) is -3.37. The molecular weight excluding hydrogens is 501 g/mol. The summed E-state index contributed by atoms with van der Waals surface area (Å²) in [6.45, 7) is 3.52. The van der Waals surface area contributed by atoms with Crippen LogP contribution in [0.3, 0.4) is 0 Å². The number of halogens is 1. The van der Waals surface area contributed by atoms with Gasteiger partial charge in [0.1, 0.15) is 0 Å². The van der Waals surface area contributed by atoms with Gasteiger partial charge in [0.05, 0.1) is 11.3 Å². The predicted octanol–water partition coefficient (Wildman–Crippen LogP) is 2.21. The molecule has 3 rings (SSSR count). The van der Waals surface area contributed by atoms with Crippen LogP contribution in [-0.2, 0) is 16.4 Å². The Bertz CT molecular complexity index is 914. The quantitative estimate of drug-likeness (QED) is 0.535.